The quantitative estimate of drug-likeness (QED) is 0.617. The van der Waals surface area contributed by atoms with Crippen molar-refractivity contribution in [1.29, 1.82) is 0 Å². The Morgan fingerprint density at radius 3 is 2.55 bits per heavy atom. The third kappa shape index (κ3) is 4.43. The maximum atomic E-state index is 12.9. The van der Waals surface area contributed by atoms with E-state index in [0.29, 0.717) is 60.7 Å². The van der Waals surface area contributed by atoms with Crippen LogP contribution in [0.25, 0.3) is 0 Å². The fraction of sp³-hybridized carbons (Fsp3) is 0.333. The summed E-state index contributed by atoms with van der Waals surface area (Å²) in [5.41, 5.74) is 2.14. The highest BCUT2D eigenvalue weighted by molar-refractivity contribution is 6.30. The minimum absolute atomic E-state index is 0.0561. The molecule has 170 valence electrons. The molecule has 8 nitrogen and oxygen atoms in total. The molecule has 0 saturated carbocycles. The molecule has 3 aromatic rings. The van der Waals surface area contributed by atoms with Crippen LogP contribution in [0, 0.1) is 5.92 Å². The molecule has 1 aliphatic heterocycles. The van der Waals surface area contributed by atoms with Crippen molar-refractivity contribution in [2.75, 3.05) is 36.4 Å². The fourth-order valence-electron chi connectivity index (χ4n) is 4.32. The van der Waals surface area contributed by atoms with Gasteiger partial charge in [-0.1, -0.05) is 18.5 Å². The van der Waals surface area contributed by atoms with E-state index in [1.807, 2.05) is 12.1 Å². The minimum Gasteiger partial charge on any atom is -0.459 e. The van der Waals surface area contributed by atoms with E-state index < -0.39 is 0 Å². The van der Waals surface area contributed by atoms with Crippen molar-refractivity contribution < 1.29 is 14.0 Å². The van der Waals surface area contributed by atoms with Crippen LogP contribution in [0.5, 0.6) is 0 Å². The first-order valence-electron chi connectivity index (χ1n) is 11.0. The molecule has 9 heteroatoms. The molecular formula is C24H24ClN5O3. The van der Waals surface area contributed by atoms with Crippen LogP contribution in [0.3, 0.4) is 0 Å². The molecule has 1 unspecified atom stereocenters. The van der Waals surface area contributed by atoms with Crippen LogP contribution in [0.4, 0.5) is 17.5 Å². The van der Waals surface area contributed by atoms with Crippen LogP contribution in [0.15, 0.2) is 47.1 Å². The number of hydrogen-bond acceptors (Lipinski definition) is 7. The fourth-order valence-corrected chi connectivity index (χ4v) is 4.45. The predicted octanol–water partition coefficient (Wildman–Crippen LogP) is 4.19. The molecule has 2 aromatic heterocycles. The van der Waals surface area contributed by atoms with Crippen molar-refractivity contribution in [3.8, 4) is 0 Å². The summed E-state index contributed by atoms with van der Waals surface area (Å²) in [5, 5.41) is 3.93. The summed E-state index contributed by atoms with van der Waals surface area (Å²) >= 11 is 6.01. The van der Waals surface area contributed by atoms with Crippen molar-refractivity contribution >= 4 is 40.7 Å². The first-order valence-corrected chi connectivity index (χ1v) is 11.4. The van der Waals surface area contributed by atoms with Gasteiger partial charge in [-0.3, -0.25) is 9.59 Å². The van der Waals surface area contributed by atoms with E-state index in [1.54, 1.807) is 29.2 Å². The average molecular weight is 466 g/mol. The lowest BCUT2D eigenvalue weighted by molar-refractivity contribution is 0.0713. The molecule has 0 spiro atoms. The Bertz CT molecular complexity index is 1170. The van der Waals surface area contributed by atoms with E-state index in [2.05, 4.69) is 17.1 Å². The summed E-state index contributed by atoms with van der Waals surface area (Å²) in [6.45, 7) is 4.32. The monoisotopic (exact) mass is 465 g/mol. The average Bonchev–Trinajstić information content (AvgIpc) is 3.34. The van der Waals surface area contributed by atoms with Gasteiger partial charge in [0.1, 0.15) is 5.82 Å². The number of nitrogens with one attached hydrogen (secondary N) is 1. The molecule has 33 heavy (non-hydrogen) atoms. The van der Waals surface area contributed by atoms with E-state index in [9.17, 15) is 9.59 Å². The van der Waals surface area contributed by atoms with Gasteiger partial charge in [-0.05, 0) is 48.7 Å². The molecule has 1 saturated heterocycles. The number of benzene rings is 1. The minimum atomic E-state index is -0.115. The SMILES string of the molecule is CC1CC(=O)c2c(nc(N3CCN(C(=O)c4ccco4)CC3)nc2Nc2ccc(Cl)cc2)C1. The second-order valence-electron chi connectivity index (χ2n) is 8.52. The number of piperazine rings is 1. The zero-order valence-corrected chi connectivity index (χ0v) is 19.0. The Labute approximate surface area is 196 Å². The molecule has 1 aromatic carbocycles. The summed E-state index contributed by atoms with van der Waals surface area (Å²) in [6.07, 6.45) is 2.71. The molecular weight excluding hydrogens is 442 g/mol. The largest absolute Gasteiger partial charge is 0.459 e. The van der Waals surface area contributed by atoms with Crippen LogP contribution >= 0.6 is 11.6 Å². The van der Waals surface area contributed by atoms with E-state index in [0.717, 1.165) is 17.8 Å². The normalized spacial score (nSPS) is 18.2. The summed E-state index contributed by atoms with van der Waals surface area (Å²) in [5.74, 6) is 1.60. The van der Waals surface area contributed by atoms with Gasteiger partial charge < -0.3 is 19.5 Å². The summed E-state index contributed by atoms with van der Waals surface area (Å²) in [4.78, 5) is 38.8. The highest BCUT2D eigenvalue weighted by Crippen LogP contribution is 2.32. The molecule has 1 fully saturated rings. The Kier molecular flexibility index (Phi) is 5.76. The Hall–Kier alpha value is -3.39. The van der Waals surface area contributed by atoms with Gasteiger partial charge >= 0.3 is 0 Å². The second kappa shape index (κ2) is 8.86. The topological polar surface area (TPSA) is 91.6 Å². The number of rotatable bonds is 4. The molecule has 1 aliphatic carbocycles. The van der Waals surface area contributed by atoms with E-state index in [-0.39, 0.29) is 17.6 Å². The summed E-state index contributed by atoms with van der Waals surface area (Å²) in [6, 6.07) is 10.7. The molecule has 5 rings (SSSR count). The van der Waals surface area contributed by atoms with Gasteiger partial charge in [0, 0.05) is 43.3 Å². The Morgan fingerprint density at radius 1 is 1.09 bits per heavy atom. The lowest BCUT2D eigenvalue weighted by Gasteiger charge is -2.35. The van der Waals surface area contributed by atoms with Crippen LogP contribution in [-0.4, -0.2) is 52.7 Å². The van der Waals surface area contributed by atoms with Gasteiger partial charge in [0.15, 0.2) is 11.5 Å². The molecule has 0 bridgehead atoms. The lowest BCUT2D eigenvalue weighted by atomic mass is 9.87. The van der Waals surface area contributed by atoms with Crippen LogP contribution in [0.2, 0.25) is 5.02 Å². The lowest BCUT2D eigenvalue weighted by Crippen LogP contribution is -2.49. The number of carbonyl (C=O) groups is 2. The smallest absolute Gasteiger partial charge is 0.289 e. The number of furan rings is 1. The highest BCUT2D eigenvalue weighted by atomic mass is 35.5. The van der Waals surface area contributed by atoms with Crippen LogP contribution < -0.4 is 10.2 Å². The van der Waals surface area contributed by atoms with Gasteiger partial charge in [-0.2, -0.15) is 4.98 Å². The molecule has 3 heterocycles. The zero-order chi connectivity index (χ0) is 22.9. The van der Waals surface area contributed by atoms with Gasteiger partial charge in [-0.25, -0.2) is 4.98 Å². The van der Waals surface area contributed by atoms with Gasteiger partial charge in [0.25, 0.3) is 5.91 Å². The Morgan fingerprint density at radius 2 is 1.85 bits per heavy atom. The third-order valence-electron chi connectivity index (χ3n) is 6.02. The number of nitrogens with zero attached hydrogens (tertiary/aromatic N) is 4. The van der Waals surface area contributed by atoms with E-state index in [4.69, 9.17) is 26.0 Å². The number of aromatic nitrogens is 2. The number of carbonyl (C=O) groups excluding carboxylic acids is 2. The van der Waals surface area contributed by atoms with Crippen molar-refractivity contribution in [2.24, 2.45) is 5.92 Å². The molecule has 1 N–H and O–H groups in total. The third-order valence-corrected chi connectivity index (χ3v) is 6.27. The Balaban J connectivity index is 1.41. The molecule has 0 radical (unpaired) electrons. The van der Waals surface area contributed by atoms with Gasteiger partial charge in [0.2, 0.25) is 5.95 Å². The number of amides is 1. The van der Waals surface area contributed by atoms with Crippen LogP contribution in [-0.2, 0) is 6.42 Å². The molecule has 2 aliphatic rings. The number of fused-ring (bicyclic) bond motifs is 1. The van der Waals surface area contributed by atoms with Crippen molar-refractivity contribution in [2.45, 2.75) is 19.8 Å². The first kappa shape index (κ1) is 21.5. The summed E-state index contributed by atoms with van der Waals surface area (Å²) < 4.78 is 5.24. The standard InChI is InChI=1S/C24H24ClN5O3/c1-15-13-18-21(19(31)14-15)22(26-17-6-4-16(25)5-7-17)28-24(27-18)30-10-8-29(9-11-30)23(32)20-3-2-12-33-20/h2-7,12,15H,8-11,13-14H2,1H3,(H,26,27,28). The van der Waals surface area contributed by atoms with Crippen LogP contribution in [0.1, 0.15) is 40.0 Å². The van der Waals surface area contributed by atoms with Gasteiger partial charge in [-0.15, -0.1) is 0 Å². The number of halogens is 1. The maximum absolute atomic E-state index is 12.9. The number of Topliss-reactive ketones (excluding diaryl/α,β-unsaturated/α-hetero) is 1. The second-order valence-corrected chi connectivity index (χ2v) is 8.96. The van der Waals surface area contributed by atoms with Crippen molar-refractivity contribution in [3.05, 3.63) is 64.7 Å². The van der Waals surface area contributed by atoms with Gasteiger partial charge in [0.05, 0.1) is 17.5 Å². The number of hydrogen-bond donors (Lipinski definition) is 1. The highest BCUT2D eigenvalue weighted by Gasteiger charge is 2.31. The van der Waals surface area contributed by atoms with Crippen molar-refractivity contribution in [3.63, 3.8) is 0 Å². The van der Waals surface area contributed by atoms with Crippen molar-refractivity contribution in [1.82, 2.24) is 14.9 Å². The maximum Gasteiger partial charge on any atom is 0.289 e. The number of anilines is 3. The molecule has 1 amide bonds. The van der Waals surface area contributed by atoms with E-state index >= 15 is 0 Å². The summed E-state index contributed by atoms with van der Waals surface area (Å²) in [7, 11) is 0. The first-order chi connectivity index (χ1) is 16.0. The zero-order valence-electron chi connectivity index (χ0n) is 18.3. The predicted molar refractivity (Wildman–Crippen MR) is 125 cm³/mol. The number of ketones is 1. The van der Waals surface area contributed by atoms with E-state index in [1.165, 1.54) is 6.26 Å². The molecule has 1 atom stereocenters.